The van der Waals surface area contributed by atoms with Crippen LogP contribution in [0.5, 0.6) is 5.75 Å². The lowest BCUT2D eigenvalue weighted by atomic mass is 10.2. The summed E-state index contributed by atoms with van der Waals surface area (Å²) in [5.74, 6) is -1.20. The summed E-state index contributed by atoms with van der Waals surface area (Å²) in [7, 11) is 0. The van der Waals surface area contributed by atoms with Gasteiger partial charge in [0.25, 0.3) is 5.69 Å². The highest BCUT2D eigenvalue weighted by atomic mass is 32.1. The number of aromatic nitrogens is 1. The lowest BCUT2D eigenvalue weighted by molar-refractivity contribution is -0.384. The van der Waals surface area contributed by atoms with Crippen LogP contribution in [0.4, 0.5) is 5.69 Å². The number of carbonyl (C=O) groups is 1. The molecule has 0 bridgehead atoms. The molecule has 8 heteroatoms. The van der Waals surface area contributed by atoms with Crippen molar-refractivity contribution in [2.45, 2.75) is 6.61 Å². The number of ether oxygens (including phenoxy) is 1. The summed E-state index contributed by atoms with van der Waals surface area (Å²) in [6.45, 7) is 0.121. The number of carboxylic acid groups (broad SMARTS) is 1. The van der Waals surface area contributed by atoms with Gasteiger partial charge in [0, 0.05) is 23.7 Å². The Labute approximate surface area is 111 Å². The maximum absolute atomic E-state index is 11.0. The Bertz CT molecular complexity index is 612. The molecule has 2 aromatic rings. The smallest absolute Gasteiger partial charge is 0.339 e. The average molecular weight is 280 g/mol. The van der Waals surface area contributed by atoms with E-state index in [9.17, 15) is 14.9 Å². The molecule has 98 valence electrons. The quantitative estimate of drug-likeness (QED) is 0.666. The standard InChI is InChI=1S/C11H8N2O5S/c14-11(15)8-5-7(13(16)17)1-2-9(8)18-6-10-12-3-4-19-10/h1-5H,6H2,(H,14,15). The fraction of sp³-hybridized carbons (Fsp3) is 0.0909. The number of nitro benzene ring substituents is 1. The summed E-state index contributed by atoms with van der Waals surface area (Å²) in [5.41, 5.74) is -0.537. The SMILES string of the molecule is O=C(O)c1cc([N+](=O)[O-])ccc1OCc1nccs1. The van der Waals surface area contributed by atoms with Crippen molar-refractivity contribution in [2.24, 2.45) is 0 Å². The Hall–Kier alpha value is -2.48. The lowest BCUT2D eigenvalue weighted by Gasteiger charge is -2.07. The first-order valence-electron chi connectivity index (χ1n) is 5.11. The summed E-state index contributed by atoms with van der Waals surface area (Å²) >= 11 is 1.37. The first-order valence-corrected chi connectivity index (χ1v) is 5.99. The van der Waals surface area contributed by atoms with Crippen molar-refractivity contribution < 1.29 is 19.6 Å². The normalized spacial score (nSPS) is 10.1. The number of benzene rings is 1. The number of rotatable bonds is 5. The Kier molecular flexibility index (Phi) is 3.71. The van der Waals surface area contributed by atoms with Gasteiger partial charge in [-0.3, -0.25) is 10.1 Å². The molecule has 2 rings (SSSR count). The van der Waals surface area contributed by atoms with Gasteiger partial charge in [0.2, 0.25) is 0 Å². The van der Waals surface area contributed by atoms with Gasteiger partial charge in [0.05, 0.1) is 4.92 Å². The molecule has 0 aliphatic heterocycles. The molecule has 19 heavy (non-hydrogen) atoms. The van der Waals surface area contributed by atoms with Crippen molar-refractivity contribution in [2.75, 3.05) is 0 Å². The van der Waals surface area contributed by atoms with Gasteiger partial charge in [0.15, 0.2) is 0 Å². The Morgan fingerprint density at radius 2 is 2.32 bits per heavy atom. The molecule has 0 radical (unpaired) electrons. The van der Waals surface area contributed by atoms with Crippen LogP contribution < -0.4 is 4.74 Å². The third-order valence-corrected chi connectivity index (χ3v) is 2.99. The van der Waals surface area contributed by atoms with Crippen LogP contribution >= 0.6 is 11.3 Å². The molecule has 0 aliphatic rings. The second kappa shape index (κ2) is 5.44. The molecular formula is C11H8N2O5S. The first-order chi connectivity index (χ1) is 9.08. The van der Waals surface area contributed by atoms with Gasteiger partial charge in [-0.1, -0.05) is 0 Å². The highest BCUT2D eigenvalue weighted by molar-refractivity contribution is 7.09. The number of nitrogens with zero attached hydrogens (tertiary/aromatic N) is 2. The van der Waals surface area contributed by atoms with E-state index in [1.54, 1.807) is 11.6 Å². The Morgan fingerprint density at radius 1 is 1.53 bits per heavy atom. The first kappa shape index (κ1) is 13.0. The maximum Gasteiger partial charge on any atom is 0.339 e. The molecule has 1 N–H and O–H groups in total. The van der Waals surface area contributed by atoms with Crippen LogP contribution in [0.1, 0.15) is 15.4 Å². The van der Waals surface area contributed by atoms with Gasteiger partial charge >= 0.3 is 5.97 Å². The molecule has 0 saturated heterocycles. The summed E-state index contributed by atoms with van der Waals surface area (Å²) < 4.78 is 5.32. The van der Waals surface area contributed by atoms with Crippen LogP contribution in [0.3, 0.4) is 0 Å². The van der Waals surface area contributed by atoms with Gasteiger partial charge < -0.3 is 9.84 Å². The second-order valence-corrected chi connectivity index (χ2v) is 4.44. The fourth-order valence-electron chi connectivity index (χ4n) is 1.39. The number of aromatic carboxylic acids is 1. The molecule has 0 aliphatic carbocycles. The van der Waals surface area contributed by atoms with Crippen molar-refractivity contribution in [3.63, 3.8) is 0 Å². The fourth-order valence-corrected chi connectivity index (χ4v) is 1.92. The Balaban J connectivity index is 2.24. The molecule has 0 unspecified atom stereocenters. The van der Waals surface area contributed by atoms with Crippen LogP contribution in [0.2, 0.25) is 0 Å². The number of thiazole rings is 1. The molecule has 1 aromatic carbocycles. The minimum Gasteiger partial charge on any atom is -0.486 e. The zero-order valence-corrected chi connectivity index (χ0v) is 10.3. The minimum absolute atomic E-state index is 0.0771. The zero-order valence-electron chi connectivity index (χ0n) is 9.48. The Morgan fingerprint density at radius 3 is 2.89 bits per heavy atom. The van der Waals surface area contributed by atoms with Crippen LogP contribution in [0.25, 0.3) is 0 Å². The van der Waals surface area contributed by atoms with E-state index in [-0.39, 0.29) is 23.6 Å². The predicted molar refractivity (Wildman–Crippen MR) is 66.5 cm³/mol. The van der Waals surface area contributed by atoms with E-state index in [0.29, 0.717) is 5.01 Å². The molecule has 1 heterocycles. The molecule has 0 saturated carbocycles. The number of carboxylic acids is 1. The van der Waals surface area contributed by atoms with Gasteiger partial charge in [-0.2, -0.15) is 0 Å². The molecular weight excluding hydrogens is 272 g/mol. The summed E-state index contributed by atoms with van der Waals surface area (Å²) in [6.07, 6.45) is 1.61. The summed E-state index contributed by atoms with van der Waals surface area (Å²) in [5, 5.41) is 22.1. The van der Waals surface area contributed by atoms with E-state index in [1.807, 2.05) is 0 Å². The monoisotopic (exact) mass is 280 g/mol. The van der Waals surface area contributed by atoms with E-state index >= 15 is 0 Å². The predicted octanol–water partition coefficient (Wildman–Crippen LogP) is 2.33. The molecule has 7 nitrogen and oxygen atoms in total. The van der Waals surface area contributed by atoms with Crippen molar-refractivity contribution in [1.82, 2.24) is 4.98 Å². The van der Waals surface area contributed by atoms with Gasteiger partial charge in [-0.05, 0) is 6.07 Å². The van der Waals surface area contributed by atoms with Crippen LogP contribution in [-0.2, 0) is 6.61 Å². The van der Waals surface area contributed by atoms with Gasteiger partial charge in [-0.15, -0.1) is 11.3 Å². The van der Waals surface area contributed by atoms with Crippen molar-refractivity contribution in [1.29, 1.82) is 0 Å². The zero-order chi connectivity index (χ0) is 13.8. The summed E-state index contributed by atoms with van der Waals surface area (Å²) in [4.78, 5) is 25.0. The van der Waals surface area contributed by atoms with E-state index < -0.39 is 10.9 Å². The van der Waals surface area contributed by atoms with Gasteiger partial charge in [0.1, 0.15) is 22.9 Å². The van der Waals surface area contributed by atoms with E-state index in [0.717, 1.165) is 6.07 Å². The third-order valence-electron chi connectivity index (χ3n) is 2.24. The molecule has 0 amide bonds. The summed E-state index contributed by atoms with van der Waals surface area (Å²) in [6, 6.07) is 3.44. The highest BCUT2D eigenvalue weighted by Crippen LogP contribution is 2.25. The highest BCUT2D eigenvalue weighted by Gasteiger charge is 2.17. The molecule has 0 fully saturated rings. The van der Waals surface area contributed by atoms with Crippen molar-refractivity contribution >= 4 is 23.0 Å². The van der Waals surface area contributed by atoms with Crippen LogP contribution in [-0.4, -0.2) is 21.0 Å². The van der Waals surface area contributed by atoms with Crippen LogP contribution in [0.15, 0.2) is 29.8 Å². The second-order valence-electron chi connectivity index (χ2n) is 3.46. The average Bonchev–Trinajstić information content (AvgIpc) is 2.89. The van der Waals surface area contributed by atoms with E-state index in [2.05, 4.69) is 4.98 Å². The topological polar surface area (TPSA) is 103 Å². The molecule has 0 spiro atoms. The largest absolute Gasteiger partial charge is 0.486 e. The minimum atomic E-state index is -1.28. The lowest BCUT2D eigenvalue weighted by Crippen LogP contribution is -2.04. The van der Waals surface area contributed by atoms with E-state index in [4.69, 9.17) is 9.84 Å². The van der Waals surface area contributed by atoms with Crippen molar-refractivity contribution in [3.05, 3.63) is 50.5 Å². The van der Waals surface area contributed by atoms with E-state index in [1.165, 1.54) is 23.5 Å². The number of non-ortho nitro benzene ring substituents is 1. The van der Waals surface area contributed by atoms with Crippen LogP contribution in [0, 0.1) is 10.1 Å². The molecule has 0 atom stereocenters. The third kappa shape index (κ3) is 3.05. The van der Waals surface area contributed by atoms with Crippen molar-refractivity contribution in [3.8, 4) is 5.75 Å². The molecule has 1 aromatic heterocycles. The maximum atomic E-state index is 11.0. The van der Waals surface area contributed by atoms with Gasteiger partial charge in [-0.25, -0.2) is 9.78 Å². The number of nitro groups is 1. The number of hydrogen-bond donors (Lipinski definition) is 1. The number of hydrogen-bond acceptors (Lipinski definition) is 6.